The van der Waals surface area contributed by atoms with Crippen molar-refractivity contribution in [1.29, 1.82) is 0 Å². The lowest BCUT2D eigenvalue weighted by atomic mass is 9.98. The first-order valence-corrected chi connectivity index (χ1v) is 13.2. The summed E-state index contributed by atoms with van der Waals surface area (Å²) in [5, 5.41) is 8.97. The second kappa shape index (κ2) is 11.0. The third-order valence-electron chi connectivity index (χ3n) is 6.29. The van der Waals surface area contributed by atoms with Crippen LogP contribution in [0.2, 0.25) is 5.02 Å². The molecule has 0 fully saturated rings. The Kier molecular flexibility index (Phi) is 7.49. The van der Waals surface area contributed by atoms with Gasteiger partial charge >= 0.3 is 0 Å². The molecule has 0 bridgehead atoms. The maximum Gasteiger partial charge on any atom is 0.262 e. The van der Waals surface area contributed by atoms with Gasteiger partial charge in [-0.05, 0) is 60.5 Å². The number of halogens is 2. The average Bonchev–Trinajstić information content (AvgIpc) is 3.51. The Balaban J connectivity index is 1.34. The van der Waals surface area contributed by atoms with E-state index >= 15 is 0 Å². The molecule has 0 radical (unpaired) electrons. The highest BCUT2D eigenvalue weighted by atomic mass is 35.5. The molecule has 0 saturated carbocycles. The minimum Gasteiger partial charge on any atom is -0.497 e. The van der Waals surface area contributed by atoms with Crippen molar-refractivity contribution >= 4 is 51.7 Å². The molecular weight excluding hydrogens is 527 g/mol. The number of methoxy groups -OCH3 is 1. The number of carbonyl (C=O) groups excluding carboxylic acids is 2. The van der Waals surface area contributed by atoms with Crippen LogP contribution < -0.4 is 10.1 Å². The lowest BCUT2D eigenvalue weighted by Crippen LogP contribution is -2.25. The van der Waals surface area contributed by atoms with Crippen LogP contribution in [0.4, 0.5) is 10.1 Å². The summed E-state index contributed by atoms with van der Waals surface area (Å²) in [5.41, 5.74) is 4.36. The minimum atomic E-state index is -0.695. The lowest BCUT2D eigenvalue weighted by molar-refractivity contribution is -0.121. The summed E-state index contributed by atoms with van der Waals surface area (Å²) in [6.45, 7) is 2.03. The number of hydrogen-bond acceptors (Lipinski definition) is 6. The van der Waals surface area contributed by atoms with Gasteiger partial charge in [0.1, 0.15) is 16.8 Å². The van der Waals surface area contributed by atoms with Crippen molar-refractivity contribution in [2.45, 2.75) is 31.1 Å². The van der Waals surface area contributed by atoms with Crippen LogP contribution in [0.15, 0.2) is 76.8 Å². The third-order valence-corrected chi connectivity index (χ3v) is 7.73. The van der Waals surface area contributed by atoms with Gasteiger partial charge in [-0.15, -0.1) is 0 Å². The fraction of sp³-hybridized carbons (Fsp3) is 0.214. The van der Waals surface area contributed by atoms with Crippen LogP contribution in [0.5, 0.6) is 5.75 Å². The summed E-state index contributed by atoms with van der Waals surface area (Å²) in [6.07, 6.45) is 0.531. The summed E-state index contributed by atoms with van der Waals surface area (Å²) in [4.78, 5) is 29.7. The van der Waals surface area contributed by atoms with E-state index in [1.807, 2.05) is 43.3 Å². The third kappa shape index (κ3) is 5.58. The molecule has 2 aliphatic heterocycles. The molecule has 0 aromatic heterocycles. The van der Waals surface area contributed by atoms with Gasteiger partial charge in [-0.1, -0.05) is 53.2 Å². The number of ether oxygens (including phenoxy) is 1. The molecule has 2 aliphatic rings. The molecule has 3 aromatic rings. The number of amidine groups is 1. The number of benzene rings is 3. The number of nitrogens with one attached hydrogen (secondary N) is 1. The van der Waals surface area contributed by atoms with Crippen molar-refractivity contribution in [3.63, 3.8) is 0 Å². The minimum absolute atomic E-state index is 0.0937. The highest BCUT2D eigenvalue weighted by Crippen LogP contribution is 2.39. The Labute approximate surface area is 228 Å². The van der Waals surface area contributed by atoms with E-state index in [2.05, 4.69) is 22.4 Å². The van der Waals surface area contributed by atoms with Crippen LogP contribution in [0, 0.1) is 12.7 Å². The van der Waals surface area contributed by atoms with E-state index in [0.29, 0.717) is 17.3 Å². The fourth-order valence-electron chi connectivity index (χ4n) is 4.25. The molecule has 0 unspecified atom stereocenters. The van der Waals surface area contributed by atoms with Gasteiger partial charge in [0.25, 0.3) is 5.91 Å². The second-order valence-corrected chi connectivity index (χ2v) is 10.5. The first kappa shape index (κ1) is 25.9. The van der Waals surface area contributed by atoms with Crippen LogP contribution in [-0.4, -0.2) is 40.1 Å². The molecule has 5 rings (SSSR count). The van der Waals surface area contributed by atoms with Crippen LogP contribution >= 0.6 is 23.4 Å². The molecule has 2 atom stereocenters. The number of hydrazone groups is 1. The van der Waals surface area contributed by atoms with Crippen LogP contribution in [0.3, 0.4) is 0 Å². The Bertz CT molecular complexity index is 1440. The number of aliphatic imine (C=N–C) groups is 1. The number of hydrogen-bond donors (Lipinski definition) is 1. The lowest BCUT2D eigenvalue weighted by Gasteiger charge is -2.23. The predicted octanol–water partition coefficient (Wildman–Crippen LogP) is 5.97. The largest absolute Gasteiger partial charge is 0.497 e. The van der Waals surface area contributed by atoms with E-state index in [-0.39, 0.29) is 17.5 Å². The second-order valence-electron chi connectivity index (χ2n) is 8.97. The smallest absolute Gasteiger partial charge is 0.262 e. The maximum absolute atomic E-state index is 13.4. The normalized spacial score (nSPS) is 18.8. The number of aryl methyl sites for hydroxylation is 1. The van der Waals surface area contributed by atoms with Gasteiger partial charge in [0, 0.05) is 18.5 Å². The number of anilines is 1. The van der Waals surface area contributed by atoms with E-state index in [1.54, 1.807) is 12.1 Å². The molecule has 0 saturated heterocycles. The molecule has 3 aromatic carbocycles. The van der Waals surface area contributed by atoms with Crippen LogP contribution in [-0.2, 0) is 9.59 Å². The van der Waals surface area contributed by atoms with E-state index in [1.165, 1.54) is 30.0 Å². The molecular formula is C28H24ClFN4O3S. The topological polar surface area (TPSA) is 83.4 Å². The van der Waals surface area contributed by atoms with Crippen molar-refractivity contribution in [2.24, 2.45) is 10.1 Å². The quantitative estimate of drug-likeness (QED) is 0.408. The SMILES string of the molecule is COc1ccc(C2=NN(C3=NC(=O)[C@@H](CC(=O)Nc4ccc(F)c(Cl)c4)S3)[C@@H](c3ccc(C)cc3)C2)cc1. The first-order chi connectivity index (χ1) is 18.3. The summed E-state index contributed by atoms with van der Waals surface area (Å²) >= 11 is 7.02. The standard InChI is InChI=1S/C28H24ClFN4O3S/c1-16-3-5-18(6-4-16)24-14-23(17-7-10-20(37-2)11-8-17)33-34(24)28-32-27(36)25(38-28)15-26(35)31-19-9-12-22(30)21(29)13-19/h3-13,24-25H,14-15H2,1-2H3,(H,31,35)/t24-,25-/m1/s1. The predicted molar refractivity (Wildman–Crippen MR) is 148 cm³/mol. The number of thioether (sulfide) groups is 1. The van der Waals surface area contributed by atoms with E-state index < -0.39 is 22.9 Å². The summed E-state index contributed by atoms with van der Waals surface area (Å²) in [5.74, 6) is -0.612. The molecule has 1 N–H and O–H groups in total. The monoisotopic (exact) mass is 550 g/mol. The molecule has 0 aliphatic carbocycles. The number of rotatable bonds is 6. The van der Waals surface area contributed by atoms with Gasteiger partial charge in [-0.2, -0.15) is 10.1 Å². The van der Waals surface area contributed by atoms with Gasteiger partial charge in [0.05, 0.1) is 23.9 Å². The van der Waals surface area contributed by atoms with Gasteiger partial charge in [-0.25, -0.2) is 9.40 Å². The molecule has 194 valence electrons. The van der Waals surface area contributed by atoms with Gasteiger partial charge < -0.3 is 10.1 Å². The molecule has 2 amide bonds. The summed E-state index contributed by atoms with van der Waals surface area (Å²) in [6, 6.07) is 19.6. The summed E-state index contributed by atoms with van der Waals surface area (Å²) < 4.78 is 18.7. The molecule has 10 heteroatoms. The number of amides is 2. The molecule has 38 heavy (non-hydrogen) atoms. The van der Waals surface area contributed by atoms with E-state index in [9.17, 15) is 14.0 Å². The highest BCUT2D eigenvalue weighted by Gasteiger charge is 2.39. The van der Waals surface area contributed by atoms with Crippen LogP contribution in [0.1, 0.15) is 35.6 Å². The van der Waals surface area contributed by atoms with E-state index in [0.717, 1.165) is 28.2 Å². The fourth-order valence-corrected chi connectivity index (χ4v) is 5.49. The number of nitrogens with zero attached hydrogens (tertiary/aromatic N) is 3. The van der Waals surface area contributed by atoms with Crippen molar-refractivity contribution in [3.05, 3.63) is 94.3 Å². The number of carbonyl (C=O) groups is 2. The van der Waals surface area contributed by atoms with Gasteiger partial charge in [0.2, 0.25) is 5.91 Å². The van der Waals surface area contributed by atoms with Gasteiger partial charge in [-0.3, -0.25) is 9.59 Å². The van der Waals surface area contributed by atoms with Gasteiger partial charge in [0.15, 0.2) is 5.17 Å². The van der Waals surface area contributed by atoms with Crippen molar-refractivity contribution < 1.29 is 18.7 Å². The Morgan fingerprint density at radius 1 is 1.16 bits per heavy atom. The van der Waals surface area contributed by atoms with Crippen molar-refractivity contribution in [2.75, 3.05) is 12.4 Å². The van der Waals surface area contributed by atoms with Crippen molar-refractivity contribution in [1.82, 2.24) is 5.01 Å². The van der Waals surface area contributed by atoms with Crippen molar-refractivity contribution in [3.8, 4) is 5.75 Å². The maximum atomic E-state index is 13.4. The molecule has 7 nitrogen and oxygen atoms in total. The van der Waals surface area contributed by atoms with Crippen LogP contribution in [0.25, 0.3) is 0 Å². The van der Waals surface area contributed by atoms with E-state index in [4.69, 9.17) is 21.4 Å². The zero-order chi connectivity index (χ0) is 26.8. The Morgan fingerprint density at radius 2 is 1.89 bits per heavy atom. The highest BCUT2D eigenvalue weighted by molar-refractivity contribution is 8.15. The zero-order valence-corrected chi connectivity index (χ0v) is 22.2. The molecule has 2 heterocycles. The first-order valence-electron chi connectivity index (χ1n) is 11.9. The zero-order valence-electron chi connectivity index (χ0n) is 20.7. The molecule has 0 spiro atoms. The Morgan fingerprint density at radius 3 is 2.58 bits per heavy atom. The average molecular weight is 551 g/mol. The Hall–Kier alpha value is -3.69. The summed E-state index contributed by atoms with van der Waals surface area (Å²) in [7, 11) is 1.62.